The summed E-state index contributed by atoms with van der Waals surface area (Å²) in [6.45, 7) is 3.91. The van der Waals surface area contributed by atoms with Crippen molar-refractivity contribution in [2.45, 2.75) is 20.0 Å². The molecule has 1 aliphatic rings. The fourth-order valence-electron chi connectivity index (χ4n) is 2.33. The first kappa shape index (κ1) is 14.7. The maximum atomic E-state index is 12.3. The minimum absolute atomic E-state index is 0.0608. The molecule has 0 saturated carbocycles. The summed E-state index contributed by atoms with van der Waals surface area (Å²) in [4.78, 5) is 13.4. The average molecular weight is 388 g/mol. The zero-order valence-electron chi connectivity index (χ0n) is 11.3. The van der Waals surface area contributed by atoms with Gasteiger partial charge >= 0.3 is 0 Å². The summed E-state index contributed by atoms with van der Waals surface area (Å²) in [6.07, 6.45) is -0.516. The van der Waals surface area contributed by atoms with Crippen LogP contribution in [-0.2, 0) is 0 Å². The minimum Gasteiger partial charge on any atom is -0.506 e. The van der Waals surface area contributed by atoms with Gasteiger partial charge in [-0.3, -0.25) is 4.79 Å². The Bertz CT molecular complexity index is 760. The van der Waals surface area contributed by atoms with Crippen molar-refractivity contribution in [3.05, 3.63) is 43.2 Å². The normalized spacial score (nSPS) is 17.1. The molecule has 3 N–H and O–H groups in total. The summed E-state index contributed by atoms with van der Waals surface area (Å²) in [5.41, 5.74) is 2.18. The van der Waals surface area contributed by atoms with Gasteiger partial charge in [-0.2, -0.15) is 0 Å². The number of thiophene rings is 1. The summed E-state index contributed by atoms with van der Waals surface area (Å²) in [5.74, 6) is -0.0863. The number of phenols is 1. The molecule has 1 aromatic heterocycles. The lowest BCUT2D eigenvalue weighted by atomic mass is 10.1. The fourth-order valence-corrected chi connectivity index (χ4v) is 4.25. The number of phenolic OH excluding ortho intramolecular Hbond substituents is 1. The zero-order valence-corrected chi connectivity index (χ0v) is 14.4. The predicted octanol–water partition coefficient (Wildman–Crippen LogP) is 4.34. The number of carbonyl (C=O) groups is 1. The first-order chi connectivity index (χ1) is 9.88. The maximum Gasteiger partial charge on any atom is 0.256 e. The fraction of sp³-hybridized carbons (Fsp3) is 0.214. The third-order valence-corrected chi connectivity index (χ3v) is 5.49. The number of benzene rings is 1. The van der Waals surface area contributed by atoms with Crippen molar-refractivity contribution in [3.63, 3.8) is 0 Å². The molecule has 1 aliphatic heterocycles. The Labute approximate surface area is 139 Å². The van der Waals surface area contributed by atoms with Gasteiger partial charge in [-0.15, -0.1) is 11.3 Å². The Balaban J connectivity index is 2.06. The Morgan fingerprint density at radius 1 is 1.33 bits per heavy atom. The van der Waals surface area contributed by atoms with Gasteiger partial charge in [-0.1, -0.05) is 11.6 Å². The van der Waals surface area contributed by atoms with E-state index in [-0.39, 0.29) is 11.7 Å². The lowest BCUT2D eigenvalue weighted by Crippen LogP contribution is -2.38. The third-order valence-electron chi connectivity index (χ3n) is 3.53. The number of aromatic hydroxyl groups is 1. The number of anilines is 1. The number of hydrogen-bond acceptors (Lipinski definition) is 4. The minimum atomic E-state index is -0.516. The quantitative estimate of drug-likeness (QED) is 0.682. The van der Waals surface area contributed by atoms with Crippen LogP contribution < -0.4 is 10.6 Å². The number of carbonyl (C=O) groups excluding carboxylic acids is 1. The number of nitrogens with one attached hydrogen (secondary N) is 2. The number of fused-ring (bicyclic) bond motifs is 1. The third kappa shape index (κ3) is 2.41. The molecule has 4 nitrogen and oxygen atoms in total. The first-order valence-corrected chi connectivity index (χ1v) is 8.22. The Hall–Kier alpha value is -1.24. The Morgan fingerprint density at radius 3 is 2.76 bits per heavy atom. The number of rotatable bonds is 1. The van der Waals surface area contributed by atoms with Gasteiger partial charge in [0, 0.05) is 15.5 Å². The monoisotopic (exact) mass is 386 g/mol. The van der Waals surface area contributed by atoms with E-state index in [1.807, 2.05) is 13.8 Å². The highest BCUT2D eigenvalue weighted by Gasteiger charge is 2.30. The average Bonchev–Trinajstić information content (AvgIpc) is 2.69. The van der Waals surface area contributed by atoms with E-state index in [9.17, 15) is 9.90 Å². The molecule has 2 heterocycles. The first-order valence-electron chi connectivity index (χ1n) is 6.23. The van der Waals surface area contributed by atoms with Gasteiger partial charge in [0.25, 0.3) is 5.91 Å². The highest BCUT2D eigenvalue weighted by molar-refractivity contribution is 9.10. The van der Waals surface area contributed by atoms with Gasteiger partial charge in [-0.05, 0) is 47.5 Å². The predicted molar refractivity (Wildman–Crippen MR) is 88.4 cm³/mol. The van der Waals surface area contributed by atoms with Crippen LogP contribution in [0.25, 0.3) is 0 Å². The second-order valence-corrected chi connectivity index (χ2v) is 7.38. The second kappa shape index (κ2) is 5.19. The van der Waals surface area contributed by atoms with Gasteiger partial charge in [0.05, 0.1) is 10.0 Å². The van der Waals surface area contributed by atoms with Gasteiger partial charge in [0.15, 0.2) is 0 Å². The Morgan fingerprint density at radius 2 is 2.05 bits per heavy atom. The molecular formula is C14H12BrClN2O2S. The summed E-state index contributed by atoms with van der Waals surface area (Å²) in [5, 5.41) is 17.6. The molecule has 1 atom stereocenters. The number of aryl methyl sites for hydroxylation is 1. The topological polar surface area (TPSA) is 61.4 Å². The van der Waals surface area contributed by atoms with Crippen LogP contribution in [0.4, 0.5) is 5.00 Å². The zero-order chi connectivity index (χ0) is 15.3. The van der Waals surface area contributed by atoms with E-state index in [1.54, 1.807) is 12.1 Å². The van der Waals surface area contributed by atoms with Crippen LogP contribution in [0.3, 0.4) is 0 Å². The molecule has 3 rings (SSSR count). The number of halogens is 2. The van der Waals surface area contributed by atoms with Crippen LogP contribution in [0.15, 0.2) is 16.6 Å². The van der Waals surface area contributed by atoms with Crippen LogP contribution in [0.2, 0.25) is 5.02 Å². The van der Waals surface area contributed by atoms with E-state index in [2.05, 4.69) is 26.6 Å². The van der Waals surface area contributed by atoms with Crippen molar-refractivity contribution in [2.75, 3.05) is 5.32 Å². The standard InChI is InChI=1S/C14H12BrClN2O2S/c1-5-6(2)21-14-10(5)13(20)17-12(18-14)8-3-7(16)4-9(15)11(8)19/h3-4,12,18-19H,1-2H3,(H,17,20). The van der Waals surface area contributed by atoms with Crippen molar-refractivity contribution >= 4 is 49.8 Å². The van der Waals surface area contributed by atoms with E-state index in [1.165, 1.54) is 11.3 Å². The molecule has 0 aliphatic carbocycles. The molecule has 2 aromatic rings. The van der Waals surface area contributed by atoms with Crippen LogP contribution in [0.5, 0.6) is 5.75 Å². The highest BCUT2D eigenvalue weighted by Crippen LogP contribution is 2.41. The van der Waals surface area contributed by atoms with Gasteiger partial charge < -0.3 is 15.7 Å². The lowest BCUT2D eigenvalue weighted by molar-refractivity contribution is 0.0935. The molecule has 21 heavy (non-hydrogen) atoms. The number of amides is 1. The van der Waals surface area contributed by atoms with E-state index >= 15 is 0 Å². The lowest BCUT2D eigenvalue weighted by Gasteiger charge is -2.27. The molecule has 1 unspecified atom stereocenters. The maximum absolute atomic E-state index is 12.3. The van der Waals surface area contributed by atoms with Crippen molar-refractivity contribution in [1.82, 2.24) is 5.32 Å². The second-order valence-electron chi connectivity index (χ2n) is 4.86. The van der Waals surface area contributed by atoms with E-state index in [0.29, 0.717) is 20.6 Å². The van der Waals surface area contributed by atoms with Crippen molar-refractivity contribution in [1.29, 1.82) is 0 Å². The summed E-state index contributed by atoms with van der Waals surface area (Å²) in [6, 6.07) is 3.24. The summed E-state index contributed by atoms with van der Waals surface area (Å²) < 4.78 is 0.491. The molecular weight excluding hydrogens is 376 g/mol. The number of hydrogen-bond donors (Lipinski definition) is 3. The van der Waals surface area contributed by atoms with Crippen molar-refractivity contribution in [2.24, 2.45) is 0 Å². The smallest absolute Gasteiger partial charge is 0.256 e. The van der Waals surface area contributed by atoms with Gasteiger partial charge in [-0.25, -0.2) is 0 Å². The van der Waals surface area contributed by atoms with Crippen LogP contribution in [0, 0.1) is 13.8 Å². The molecule has 0 bridgehead atoms. The molecule has 7 heteroatoms. The molecule has 1 aromatic carbocycles. The van der Waals surface area contributed by atoms with E-state index < -0.39 is 6.17 Å². The highest BCUT2D eigenvalue weighted by atomic mass is 79.9. The molecule has 0 spiro atoms. The molecule has 110 valence electrons. The molecule has 0 saturated heterocycles. The summed E-state index contributed by atoms with van der Waals surface area (Å²) >= 11 is 10.8. The molecule has 0 fully saturated rings. The van der Waals surface area contributed by atoms with Gasteiger partial charge in [0.2, 0.25) is 0 Å². The van der Waals surface area contributed by atoms with Crippen LogP contribution in [-0.4, -0.2) is 11.0 Å². The SMILES string of the molecule is Cc1sc2c(c1C)C(=O)NC(c1cc(Cl)cc(Br)c1O)N2. The van der Waals surface area contributed by atoms with Gasteiger partial charge in [0.1, 0.15) is 16.9 Å². The molecule has 1 amide bonds. The van der Waals surface area contributed by atoms with Crippen LogP contribution >= 0.6 is 38.9 Å². The molecule has 0 radical (unpaired) electrons. The van der Waals surface area contributed by atoms with E-state index in [4.69, 9.17) is 11.6 Å². The van der Waals surface area contributed by atoms with Crippen molar-refractivity contribution in [3.8, 4) is 5.75 Å². The largest absolute Gasteiger partial charge is 0.506 e. The van der Waals surface area contributed by atoms with Crippen molar-refractivity contribution < 1.29 is 9.90 Å². The van der Waals surface area contributed by atoms with Crippen LogP contribution in [0.1, 0.15) is 32.5 Å². The van der Waals surface area contributed by atoms with E-state index in [0.717, 1.165) is 15.4 Å². The summed E-state index contributed by atoms with van der Waals surface area (Å²) in [7, 11) is 0. The Kier molecular flexibility index (Phi) is 3.63.